The fourth-order valence-corrected chi connectivity index (χ4v) is 4.91. The molecule has 2 fully saturated rings. The highest BCUT2D eigenvalue weighted by molar-refractivity contribution is 6.00. The number of aryl methyl sites for hydroxylation is 1. The van der Waals surface area contributed by atoms with Gasteiger partial charge in [0, 0.05) is 17.8 Å². The molecular formula is C25H30N4O4. The third-order valence-corrected chi connectivity index (χ3v) is 6.58. The Labute approximate surface area is 192 Å². The first-order valence-corrected chi connectivity index (χ1v) is 11.4. The smallest absolute Gasteiger partial charge is 0.255 e. The summed E-state index contributed by atoms with van der Waals surface area (Å²) in [6, 6.07) is 7.71. The van der Waals surface area contributed by atoms with Gasteiger partial charge in [0.25, 0.3) is 5.91 Å². The number of nitrogens with zero attached hydrogens (tertiary/aromatic N) is 3. The maximum Gasteiger partial charge on any atom is 0.255 e. The summed E-state index contributed by atoms with van der Waals surface area (Å²) in [5.74, 6) is 1.21. The minimum atomic E-state index is -0.922. The number of fused-ring (bicyclic) bond motifs is 1. The largest absolute Gasteiger partial charge is 0.489 e. The van der Waals surface area contributed by atoms with Crippen LogP contribution >= 0.6 is 0 Å². The zero-order valence-electron chi connectivity index (χ0n) is 19.2. The molecule has 2 saturated carbocycles. The maximum atomic E-state index is 12.9. The number of nitrogens with one attached hydrogen (secondary N) is 1. The number of ether oxygens (including phenoxy) is 2. The highest BCUT2D eigenvalue weighted by atomic mass is 16.5. The number of carbonyl (C=O) groups is 1. The predicted octanol–water partition coefficient (Wildman–Crippen LogP) is 3.31. The topological polar surface area (TPSA) is 98.0 Å². The average Bonchev–Trinajstić information content (AvgIpc) is 3.13. The van der Waals surface area contributed by atoms with Crippen LogP contribution in [0.1, 0.15) is 55.5 Å². The van der Waals surface area contributed by atoms with Crippen LogP contribution in [0.4, 0.5) is 0 Å². The number of hydrogen-bond donors (Lipinski definition) is 2. The van der Waals surface area contributed by atoms with Gasteiger partial charge in [-0.3, -0.25) is 4.79 Å². The first kappa shape index (κ1) is 21.7. The normalized spacial score (nSPS) is 24.2. The van der Waals surface area contributed by atoms with Crippen molar-refractivity contribution >= 4 is 11.4 Å². The molecule has 1 spiro atoms. The van der Waals surface area contributed by atoms with Crippen LogP contribution in [0.15, 0.2) is 42.9 Å². The van der Waals surface area contributed by atoms with Gasteiger partial charge >= 0.3 is 0 Å². The van der Waals surface area contributed by atoms with Crippen LogP contribution in [-0.2, 0) is 0 Å². The number of rotatable bonds is 7. The zero-order valence-corrected chi connectivity index (χ0v) is 19.2. The van der Waals surface area contributed by atoms with Gasteiger partial charge < -0.3 is 19.9 Å². The first-order chi connectivity index (χ1) is 15.7. The second kappa shape index (κ2) is 8.02. The summed E-state index contributed by atoms with van der Waals surface area (Å²) >= 11 is 0. The van der Waals surface area contributed by atoms with E-state index in [2.05, 4.69) is 15.4 Å². The Morgan fingerprint density at radius 1 is 1.27 bits per heavy atom. The van der Waals surface area contributed by atoms with Crippen molar-refractivity contribution < 1.29 is 19.4 Å². The number of amides is 1. The molecule has 1 amide bonds. The molecule has 0 radical (unpaired) electrons. The second-order valence-corrected chi connectivity index (χ2v) is 10.2. The monoisotopic (exact) mass is 450 g/mol. The van der Waals surface area contributed by atoms with Gasteiger partial charge in [-0.2, -0.15) is 5.10 Å². The number of aliphatic hydroxyl groups is 1. The van der Waals surface area contributed by atoms with E-state index in [0.29, 0.717) is 16.7 Å². The summed E-state index contributed by atoms with van der Waals surface area (Å²) in [7, 11) is 0. The Morgan fingerprint density at radius 2 is 2.06 bits per heavy atom. The van der Waals surface area contributed by atoms with Crippen LogP contribution in [0, 0.1) is 12.3 Å². The standard InChI is InChI=1S/C25H30N4O4/c1-16-5-4-8-26-23(16)33-19-11-25(12-19)9-17(10-25)28-22(30)20-13-27-29-14-18(6-7-21(20)29)32-15-24(2,3)31/h4-8,13-14,17,19,31H,9-12,15H2,1-3H3,(H,28,30). The van der Waals surface area contributed by atoms with E-state index in [0.717, 1.165) is 42.6 Å². The van der Waals surface area contributed by atoms with Crippen molar-refractivity contribution in [1.29, 1.82) is 0 Å². The molecule has 3 aromatic rings. The van der Waals surface area contributed by atoms with Gasteiger partial charge in [-0.05, 0) is 70.1 Å². The van der Waals surface area contributed by atoms with Crippen molar-refractivity contribution in [3.63, 3.8) is 0 Å². The Bertz CT molecular complexity index is 1170. The Hall–Kier alpha value is -3.13. The molecule has 174 valence electrons. The van der Waals surface area contributed by atoms with Crippen molar-refractivity contribution in [3.05, 3.63) is 54.0 Å². The molecule has 0 aliphatic heterocycles. The van der Waals surface area contributed by atoms with E-state index in [4.69, 9.17) is 9.47 Å². The molecule has 2 aliphatic carbocycles. The molecule has 3 aromatic heterocycles. The fourth-order valence-electron chi connectivity index (χ4n) is 4.91. The fraction of sp³-hybridized carbons (Fsp3) is 0.480. The predicted molar refractivity (Wildman–Crippen MR) is 123 cm³/mol. The van der Waals surface area contributed by atoms with Gasteiger partial charge in [0.05, 0.1) is 29.1 Å². The van der Waals surface area contributed by atoms with Crippen LogP contribution < -0.4 is 14.8 Å². The number of aromatic nitrogens is 3. The molecule has 0 saturated heterocycles. The molecule has 8 heteroatoms. The molecule has 0 aromatic carbocycles. The van der Waals surface area contributed by atoms with E-state index in [9.17, 15) is 9.90 Å². The van der Waals surface area contributed by atoms with Crippen LogP contribution in [0.3, 0.4) is 0 Å². The van der Waals surface area contributed by atoms with Crippen LogP contribution in [-0.4, -0.2) is 50.0 Å². The molecule has 5 rings (SSSR count). The lowest BCUT2D eigenvalue weighted by atomic mass is 9.53. The molecule has 2 N–H and O–H groups in total. The molecule has 3 heterocycles. The number of pyridine rings is 2. The molecule has 0 unspecified atom stereocenters. The van der Waals surface area contributed by atoms with Crippen molar-refractivity contribution in [3.8, 4) is 11.6 Å². The number of carbonyl (C=O) groups excluding carboxylic acids is 1. The minimum absolute atomic E-state index is 0.105. The van der Waals surface area contributed by atoms with Crippen molar-refractivity contribution in [2.75, 3.05) is 6.61 Å². The van der Waals surface area contributed by atoms with E-state index < -0.39 is 5.60 Å². The van der Waals surface area contributed by atoms with Crippen LogP contribution in [0.25, 0.3) is 5.52 Å². The Morgan fingerprint density at radius 3 is 2.79 bits per heavy atom. The van der Waals surface area contributed by atoms with Gasteiger partial charge in [-0.25, -0.2) is 9.50 Å². The third kappa shape index (κ3) is 4.53. The summed E-state index contributed by atoms with van der Waals surface area (Å²) in [6.45, 7) is 5.55. The summed E-state index contributed by atoms with van der Waals surface area (Å²) in [4.78, 5) is 17.2. The van der Waals surface area contributed by atoms with Gasteiger partial charge in [0.2, 0.25) is 5.88 Å². The van der Waals surface area contributed by atoms with Crippen molar-refractivity contribution in [2.24, 2.45) is 5.41 Å². The maximum absolute atomic E-state index is 12.9. The lowest BCUT2D eigenvalue weighted by Crippen LogP contribution is -2.58. The quantitative estimate of drug-likeness (QED) is 0.573. The highest BCUT2D eigenvalue weighted by Crippen LogP contribution is 2.56. The first-order valence-electron chi connectivity index (χ1n) is 11.4. The van der Waals surface area contributed by atoms with Gasteiger partial charge in [-0.15, -0.1) is 0 Å². The van der Waals surface area contributed by atoms with Gasteiger partial charge in [0.1, 0.15) is 18.5 Å². The van der Waals surface area contributed by atoms with E-state index in [1.807, 2.05) is 25.1 Å². The Kier molecular flexibility index (Phi) is 5.28. The Balaban J connectivity index is 1.13. The molecular weight excluding hydrogens is 420 g/mol. The molecule has 2 aliphatic rings. The van der Waals surface area contributed by atoms with Crippen LogP contribution in [0.5, 0.6) is 11.6 Å². The minimum Gasteiger partial charge on any atom is -0.489 e. The molecule has 0 atom stereocenters. The molecule has 0 bridgehead atoms. The summed E-state index contributed by atoms with van der Waals surface area (Å²) in [5.41, 5.74) is 1.69. The lowest BCUT2D eigenvalue weighted by Gasteiger charge is -2.57. The van der Waals surface area contributed by atoms with E-state index in [1.54, 1.807) is 43.0 Å². The molecule has 33 heavy (non-hydrogen) atoms. The summed E-state index contributed by atoms with van der Waals surface area (Å²) in [6.07, 6.45) is 9.26. The number of hydrogen-bond acceptors (Lipinski definition) is 6. The van der Waals surface area contributed by atoms with Gasteiger partial charge in [-0.1, -0.05) is 6.07 Å². The van der Waals surface area contributed by atoms with Gasteiger partial charge in [0.15, 0.2) is 0 Å². The second-order valence-electron chi connectivity index (χ2n) is 10.2. The van der Waals surface area contributed by atoms with E-state index >= 15 is 0 Å². The van der Waals surface area contributed by atoms with E-state index in [1.165, 1.54) is 0 Å². The van der Waals surface area contributed by atoms with Crippen molar-refractivity contribution in [1.82, 2.24) is 19.9 Å². The summed E-state index contributed by atoms with van der Waals surface area (Å²) in [5, 5.41) is 17.3. The average molecular weight is 451 g/mol. The molecule has 8 nitrogen and oxygen atoms in total. The SMILES string of the molecule is Cc1cccnc1OC1CC2(CC(NC(=O)c3cnn4cc(OCC(C)(C)O)ccc34)C2)C1. The third-order valence-electron chi connectivity index (χ3n) is 6.58. The van der Waals surface area contributed by atoms with Crippen molar-refractivity contribution in [2.45, 2.75) is 64.2 Å². The summed E-state index contributed by atoms with van der Waals surface area (Å²) < 4.78 is 13.3. The lowest BCUT2D eigenvalue weighted by molar-refractivity contribution is -0.0849. The van der Waals surface area contributed by atoms with Crippen LogP contribution in [0.2, 0.25) is 0 Å². The highest BCUT2D eigenvalue weighted by Gasteiger charge is 2.54. The zero-order chi connectivity index (χ0) is 23.2. The van der Waals surface area contributed by atoms with E-state index in [-0.39, 0.29) is 24.7 Å².